The molecule has 1 amide bonds. The van der Waals surface area contributed by atoms with E-state index in [9.17, 15) is 4.79 Å². The number of thiazole rings is 1. The first kappa shape index (κ1) is 12.1. The van der Waals surface area contributed by atoms with Crippen molar-refractivity contribution in [2.75, 3.05) is 5.88 Å². The van der Waals surface area contributed by atoms with Gasteiger partial charge in [-0.1, -0.05) is 30.3 Å². The van der Waals surface area contributed by atoms with Crippen LogP contribution in [0, 0.1) is 0 Å². The van der Waals surface area contributed by atoms with Gasteiger partial charge in [-0.15, -0.1) is 22.9 Å². The van der Waals surface area contributed by atoms with Crippen LogP contribution in [-0.2, 0) is 4.79 Å². The number of alkyl halides is 1. The lowest BCUT2D eigenvalue weighted by atomic mass is 10.1. The SMILES string of the molecule is O=C(CCl)N[C@@H](c1ccccc1)c1nccs1. The molecule has 1 atom stereocenters. The zero-order chi connectivity index (χ0) is 12.1. The first-order valence-electron chi connectivity index (χ1n) is 5.11. The zero-order valence-electron chi connectivity index (χ0n) is 8.97. The van der Waals surface area contributed by atoms with E-state index in [0.717, 1.165) is 10.6 Å². The molecule has 0 aliphatic carbocycles. The van der Waals surface area contributed by atoms with Crippen LogP contribution in [0.4, 0.5) is 0 Å². The van der Waals surface area contributed by atoms with Crippen molar-refractivity contribution >= 4 is 28.8 Å². The molecule has 1 N–H and O–H groups in total. The first-order valence-corrected chi connectivity index (χ1v) is 6.52. The molecule has 0 aliphatic rings. The molecule has 0 fully saturated rings. The molecule has 0 aliphatic heterocycles. The molecule has 0 bridgehead atoms. The van der Waals surface area contributed by atoms with Crippen LogP contribution < -0.4 is 5.32 Å². The van der Waals surface area contributed by atoms with Crippen LogP contribution in [0.25, 0.3) is 0 Å². The average Bonchev–Trinajstić information content (AvgIpc) is 2.90. The number of nitrogens with one attached hydrogen (secondary N) is 1. The predicted molar refractivity (Wildman–Crippen MR) is 69.3 cm³/mol. The molecule has 5 heteroatoms. The molecule has 1 aromatic heterocycles. The number of nitrogens with zero attached hydrogens (tertiary/aromatic N) is 1. The number of halogens is 1. The lowest BCUT2D eigenvalue weighted by Gasteiger charge is -2.16. The highest BCUT2D eigenvalue weighted by atomic mass is 35.5. The molecule has 0 unspecified atom stereocenters. The Kier molecular flexibility index (Phi) is 4.12. The molecule has 0 saturated heterocycles. The van der Waals surface area contributed by atoms with Crippen LogP contribution in [0.15, 0.2) is 41.9 Å². The second-order valence-electron chi connectivity index (χ2n) is 3.42. The molecule has 88 valence electrons. The number of hydrogen-bond donors (Lipinski definition) is 1. The standard InChI is InChI=1S/C12H11ClN2OS/c13-8-10(16)15-11(12-14-6-7-17-12)9-4-2-1-3-5-9/h1-7,11H,8H2,(H,15,16)/t11-/m0/s1. The Morgan fingerprint density at radius 2 is 2.18 bits per heavy atom. The van der Waals surface area contributed by atoms with Crippen LogP contribution in [0.3, 0.4) is 0 Å². The molecule has 0 spiro atoms. The topological polar surface area (TPSA) is 42.0 Å². The van der Waals surface area contributed by atoms with Crippen molar-refractivity contribution in [1.82, 2.24) is 10.3 Å². The van der Waals surface area contributed by atoms with Gasteiger partial charge in [-0.2, -0.15) is 0 Å². The minimum atomic E-state index is -0.220. The molecule has 3 nitrogen and oxygen atoms in total. The van der Waals surface area contributed by atoms with Crippen molar-refractivity contribution in [1.29, 1.82) is 0 Å². The summed E-state index contributed by atoms with van der Waals surface area (Å²) in [6.45, 7) is 0. The number of carbonyl (C=O) groups is 1. The van der Waals surface area contributed by atoms with Gasteiger partial charge >= 0.3 is 0 Å². The van der Waals surface area contributed by atoms with Crippen LogP contribution in [0.2, 0.25) is 0 Å². The van der Waals surface area contributed by atoms with Gasteiger partial charge < -0.3 is 5.32 Å². The highest BCUT2D eigenvalue weighted by Gasteiger charge is 2.18. The number of hydrogen-bond acceptors (Lipinski definition) is 3. The highest BCUT2D eigenvalue weighted by Crippen LogP contribution is 2.23. The fourth-order valence-corrected chi connectivity index (χ4v) is 2.30. The molecular weight excluding hydrogens is 256 g/mol. The van der Waals surface area contributed by atoms with Gasteiger partial charge in [-0.25, -0.2) is 4.98 Å². The third-order valence-corrected chi connectivity index (χ3v) is 3.34. The minimum absolute atomic E-state index is 0.0469. The van der Waals surface area contributed by atoms with Crippen molar-refractivity contribution in [2.24, 2.45) is 0 Å². The summed E-state index contributed by atoms with van der Waals surface area (Å²) in [6, 6.07) is 9.50. The molecule has 0 radical (unpaired) electrons. The lowest BCUT2D eigenvalue weighted by Crippen LogP contribution is -2.30. The maximum Gasteiger partial charge on any atom is 0.235 e. The monoisotopic (exact) mass is 266 g/mol. The number of aromatic nitrogens is 1. The molecule has 0 saturated carbocycles. The summed E-state index contributed by atoms with van der Waals surface area (Å²) < 4.78 is 0. The Morgan fingerprint density at radius 1 is 1.41 bits per heavy atom. The number of benzene rings is 1. The number of amides is 1. The van der Waals surface area contributed by atoms with E-state index >= 15 is 0 Å². The van der Waals surface area contributed by atoms with Crippen LogP contribution in [0.5, 0.6) is 0 Å². The van der Waals surface area contributed by atoms with Crippen molar-refractivity contribution in [3.8, 4) is 0 Å². The third kappa shape index (κ3) is 3.05. The largest absolute Gasteiger partial charge is 0.342 e. The van der Waals surface area contributed by atoms with Crippen molar-refractivity contribution in [2.45, 2.75) is 6.04 Å². The van der Waals surface area contributed by atoms with E-state index in [1.54, 1.807) is 6.20 Å². The van der Waals surface area contributed by atoms with Crippen molar-refractivity contribution in [3.05, 3.63) is 52.5 Å². The van der Waals surface area contributed by atoms with Gasteiger partial charge in [0, 0.05) is 11.6 Å². The zero-order valence-corrected chi connectivity index (χ0v) is 10.5. The minimum Gasteiger partial charge on any atom is -0.342 e. The van der Waals surface area contributed by atoms with E-state index in [2.05, 4.69) is 10.3 Å². The van der Waals surface area contributed by atoms with Gasteiger partial charge in [0.2, 0.25) is 5.91 Å². The maximum atomic E-state index is 11.4. The van der Waals surface area contributed by atoms with Gasteiger partial charge in [0.1, 0.15) is 16.9 Å². The van der Waals surface area contributed by atoms with E-state index in [-0.39, 0.29) is 17.8 Å². The Balaban J connectivity index is 2.28. The molecule has 1 aromatic carbocycles. The van der Waals surface area contributed by atoms with E-state index < -0.39 is 0 Å². The summed E-state index contributed by atoms with van der Waals surface area (Å²) in [5.41, 5.74) is 1.00. The third-order valence-electron chi connectivity index (χ3n) is 2.26. The second-order valence-corrected chi connectivity index (χ2v) is 4.61. The molecule has 2 aromatic rings. The quantitative estimate of drug-likeness (QED) is 0.865. The van der Waals surface area contributed by atoms with Gasteiger partial charge in [0.15, 0.2) is 0 Å². The maximum absolute atomic E-state index is 11.4. The molecule has 17 heavy (non-hydrogen) atoms. The van der Waals surface area contributed by atoms with Gasteiger partial charge in [0.25, 0.3) is 0 Å². The molecular formula is C12H11ClN2OS. The molecule has 2 rings (SSSR count). The highest BCUT2D eigenvalue weighted by molar-refractivity contribution is 7.09. The van der Waals surface area contributed by atoms with Crippen LogP contribution >= 0.6 is 22.9 Å². The predicted octanol–water partition coefficient (Wildman–Crippen LogP) is 2.59. The van der Waals surface area contributed by atoms with E-state index in [0.29, 0.717) is 0 Å². The van der Waals surface area contributed by atoms with E-state index in [1.165, 1.54) is 11.3 Å². The van der Waals surface area contributed by atoms with Crippen LogP contribution in [-0.4, -0.2) is 16.8 Å². The Labute approximate surface area is 108 Å². The summed E-state index contributed by atoms with van der Waals surface area (Å²) in [4.78, 5) is 15.7. The summed E-state index contributed by atoms with van der Waals surface area (Å²) in [5.74, 6) is -0.245. The Morgan fingerprint density at radius 3 is 2.76 bits per heavy atom. The summed E-state index contributed by atoms with van der Waals surface area (Å²) in [6.07, 6.45) is 1.72. The molecule has 1 heterocycles. The van der Waals surface area contributed by atoms with Gasteiger partial charge in [-0.05, 0) is 5.56 Å². The van der Waals surface area contributed by atoms with E-state index in [1.807, 2.05) is 35.7 Å². The second kappa shape index (κ2) is 5.80. The smallest absolute Gasteiger partial charge is 0.235 e. The summed E-state index contributed by atoms with van der Waals surface area (Å²) in [7, 11) is 0. The van der Waals surface area contributed by atoms with Crippen molar-refractivity contribution in [3.63, 3.8) is 0 Å². The summed E-state index contributed by atoms with van der Waals surface area (Å²) >= 11 is 7.03. The summed E-state index contributed by atoms with van der Waals surface area (Å²) in [5, 5.41) is 5.61. The fraction of sp³-hybridized carbons (Fsp3) is 0.167. The van der Waals surface area contributed by atoms with Crippen LogP contribution in [0.1, 0.15) is 16.6 Å². The fourth-order valence-electron chi connectivity index (χ4n) is 1.51. The Bertz CT molecular complexity index is 473. The lowest BCUT2D eigenvalue weighted by molar-refractivity contribution is -0.119. The van der Waals surface area contributed by atoms with Gasteiger partial charge in [0.05, 0.1) is 0 Å². The normalized spacial score (nSPS) is 12.1. The van der Waals surface area contributed by atoms with E-state index in [4.69, 9.17) is 11.6 Å². The number of carbonyl (C=O) groups excluding carboxylic acids is 1. The average molecular weight is 267 g/mol. The number of rotatable bonds is 4. The first-order chi connectivity index (χ1) is 8.31. The van der Waals surface area contributed by atoms with Gasteiger partial charge in [-0.3, -0.25) is 4.79 Å². The Hall–Kier alpha value is -1.39. The van der Waals surface area contributed by atoms with Crippen molar-refractivity contribution < 1.29 is 4.79 Å².